The molecular weight excluding hydrogens is 226 g/mol. The molecule has 2 aromatic rings. The number of aromatic amines is 1. The summed E-state index contributed by atoms with van der Waals surface area (Å²) in [4.78, 5) is 7.87. The summed E-state index contributed by atoms with van der Waals surface area (Å²) in [6.07, 6.45) is 4.74. The normalized spacial score (nSPS) is 14.8. The molecule has 0 bridgehead atoms. The lowest BCUT2D eigenvalue weighted by Gasteiger charge is -2.19. The highest BCUT2D eigenvalue weighted by Crippen LogP contribution is 2.22. The van der Waals surface area contributed by atoms with Crippen molar-refractivity contribution in [2.45, 2.75) is 39.2 Å². The van der Waals surface area contributed by atoms with Crippen LogP contribution >= 0.6 is 0 Å². The fraction of sp³-hybridized carbons (Fsp3) is 0.467. The zero-order valence-corrected chi connectivity index (χ0v) is 11.0. The maximum absolute atomic E-state index is 8.96. The Bertz CT molecular complexity index is 492. The van der Waals surface area contributed by atoms with E-state index in [2.05, 4.69) is 42.0 Å². The quantitative estimate of drug-likeness (QED) is 0.598. The molecule has 0 radical (unpaired) electrons. The lowest BCUT2D eigenvalue weighted by molar-refractivity contribution is -0.290. The van der Waals surface area contributed by atoms with E-state index < -0.39 is 0 Å². The van der Waals surface area contributed by atoms with Gasteiger partial charge in [-0.15, -0.1) is 0 Å². The third kappa shape index (κ3) is 2.74. The number of fused-ring (bicyclic) bond motifs is 1. The number of rotatable bonds is 6. The molecule has 2 rings (SSSR count). The van der Waals surface area contributed by atoms with Crippen LogP contribution in [0.5, 0.6) is 0 Å². The predicted octanol–water partition coefficient (Wildman–Crippen LogP) is 4.00. The minimum atomic E-state index is -0.0799. The van der Waals surface area contributed by atoms with Gasteiger partial charge in [-0.1, -0.05) is 38.5 Å². The molecule has 98 valence electrons. The van der Waals surface area contributed by atoms with Crippen molar-refractivity contribution in [1.82, 2.24) is 4.98 Å². The van der Waals surface area contributed by atoms with Gasteiger partial charge in [0.2, 0.25) is 0 Å². The lowest BCUT2D eigenvalue weighted by Crippen LogP contribution is -2.20. The van der Waals surface area contributed by atoms with Crippen LogP contribution < -0.4 is 0 Å². The van der Waals surface area contributed by atoms with Crippen LogP contribution in [-0.2, 0) is 11.3 Å². The number of aryl methyl sites for hydroxylation is 1. The van der Waals surface area contributed by atoms with Gasteiger partial charge in [-0.05, 0) is 30.4 Å². The van der Waals surface area contributed by atoms with Crippen molar-refractivity contribution in [2.24, 2.45) is 5.92 Å². The van der Waals surface area contributed by atoms with Crippen molar-refractivity contribution < 1.29 is 10.1 Å². The highest BCUT2D eigenvalue weighted by Gasteiger charge is 2.17. The fourth-order valence-electron chi connectivity index (χ4n) is 2.34. The molecule has 0 saturated carbocycles. The van der Waals surface area contributed by atoms with E-state index in [4.69, 9.17) is 5.26 Å². The minimum absolute atomic E-state index is 0.0799. The van der Waals surface area contributed by atoms with Gasteiger partial charge in [-0.2, -0.15) is 0 Å². The van der Waals surface area contributed by atoms with Crippen LogP contribution in [0.3, 0.4) is 0 Å². The first-order valence-electron chi connectivity index (χ1n) is 6.61. The Kier molecular flexibility index (Phi) is 4.39. The second-order valence-corrected chi connectivity index (χ2v) is 4.93. The van der Waals surface area contributed by atoms with Crippen LogP contribution in [0.1, 0.15) is 32.3 Å². The van der Waals surface area contributed by atoms with Crippen molar-refractivity contribution in [3.8, 4) is 0 Å². The van der Waals surface area contributed by atoms with Crippen molar-refractivity contribution in [1.29, 1.82) is 0 Å². The third-order valence-electron chi connectivity index (χ3n) is 3.79. The largest absolute Gasteiger partial charge is 0.361 e. The van der Waals surface area contributed by atoms with Gasteiger partial charge in [0.15, 0.2) is 0 Å². The molecule has 1 heterocycles. The van der Waals surface area contributed by atoms with Crippen LogP contribution in [0, 0.1) is 5.92 Å². The Labute approximate surface area is 108 Å². The van der Waals surface area contributed by atoms with E-state index in [1.54, 1.807) is 0 Å². The van der Waals surface area contributed by atoms with Crippen LogP contribution in [0.25, 0.3) is 10.9 Å². The first-order valence-corrected chi connectivity index (χ1v) is 6.61. The molecule has 3 heteroatoms. The molecule has 1 aromatic carbocycles. The SMILES string of the molecule is CCC(C)C(CCc1c[nH]c2ccccc12)OO. The molecule has 2 atom stereocenters. The average molecular weight is 247 g/mol. The molecule has 0 aliphatic heterocycles. The van der Waals surface area contributed by atoms with E-state index in [0.717, 1.165) is 24.8 Å². The lowest BCUT2D eigenvalue weighted by atomic mass is 9.96. The highest BCUT2D eigenvalue weighted by atomic mass is 17.1. The van der Waals surface area contributed by atoms with Gasteiger partial charge in [-0.25, -0.2) is 4.89 Å². The summed E-state index contributed by atoms with van der Waals surface area (Å²) >= 11 is 0. The van der Waals surface area contributed by atoms with Crippen molar-refractivity contribution in [3.05, 3.63) is 36.0 Å². The molecule has 0 aliphatic carbocycles. The molecule has 0 aliphatic rings. The summed E-state index contributed by atoms with van der Waals surface area (Å²) in [5.74, 6) is 0.375. The molecule has 0 amide bonds. The van der Waals surface area contributed by atoms with Gasteiger partial charge < -0.3 is 4.98 Å². The molecule has 18 heavy (non-hydrogen) atoms. The van der Waals surface area contributed by atoms with Crippen LogP contribution in [-0.4, -0.2) is 16.3 Å². The minimum Gasteiger partial charge on any atom is -0.361 e. The Balaban J connectivity index is 2.05. The highest BCUT2D eigenvalue weighted by molar-refractivity contribution is 5.82. The van der Waals surface area contributed by atoms with Crippen molar-refractivity contribution in [2.75, 3.05) is 0 Å². The van der Waals surface area contributed by atoms with Gasteiger partial charge in [0.25, 0.3) is 0 Å². The second kappa shape index (κ2) is 6.03. The number of aromatic nitrogens is 1. The summed E-state index contributed by atoms with van der Waals surface area (Å²) in [5.41, 5.74) is 2.45. The van der Waals surface area contributed by atoms with E-state index in [-0.39, 0.29) is 6.10 Å². The van der Waals surface area contributed by atoms with Crippen molar-refractivity contribution in [3.63, 3.8) is 0 Å². The number of nitrogens with one attached hydrogen (secondary N) is 1. The molecular formula is C15H21NO2. The van der Waals surface area contributed by atoms with E-state index in [1.807, 2.05) is 12.1 Å². The summed E-state index contributed by atoms with van der Waals surface area (Å²) in [5, 5.41) is 10.2. The van der Waals surface area contributed by atoms with Gasteiger partial charge in [0.05, 0.1) is 6.10 Å². The van der Waals surface area contributed by atoms with Crippen LogP contribution in [0.15, 0.2) is 30.5 Å². The summed E-state index contributed by atoms with van der Waals surface area (Å²) < 4.78 is 0. The van der Waals surface area contributed by atoms with Gasteiger partial charge >= 0.3 is 0 Å². The Morgan fingerprint density at radius 2 is 2.11 bits per heavy atom. The van der Waals surface area contributed by atoms with Crippen LogP contribution in [0.4, 0.5) is 0 Å². The molecule has 1 aromatic heterocycles. The van der Waals surface area contributed by atoms with E-state index in [9.17, 15) is 0 Å². The summed E-state index contributed by atoms with van der Waals surface area (Å²) in [6, 6.07) is 8.28. The third-order valence-corrected chi connectivity index (χ3v) is 3.79. The van der Waals surface area contributed by atoms with Gasteiger partial charge in [-0.3, -0.25) is 5.26 Å². The second-order valence-electron chi connectivity index (χ2n) is 4.93. The van der Waals surface area contributed by atoms with Gasteiger partial charge in [0.1, 0.15) is 0 Å². The predicted molar refractivity (Wildman–Crippen MR) is 73.6 cm³/mol. The average Bonchev–Trinajstić information content (AvgIpc) is 2.82. The van der Waals surface area contributed by atoms with Crippen LogP contribution in [0.2, 0.25) is 0 Å². The maximum atomic E-state index is 8.96. The summed E-state index contributed by atoms with van der Waals surface area (Å²) in [7, 11) is 0. The first-order chi connectivity index (χ1) is 8.76. The molecule has 2 N–H and O–H groups in total. The number of para-hydroxylation sites is 1. The standard InChI is InChI=1S/C15H21NO2/c1-3-11(2)15(18-17)9-8-12-10-16-14-7-5-4-6-13(12)14/h4-7,10-11,15-17H,3,8-9H2,1-2H3. The zero-order valence-electron chi connectivity index (χ0n) is 11.0. The molecule has 2 unspecified atom stereocenters. The zero-order chi connectivity index (χ0) is 13.0. The van der Waals surface area contributed by atoms with E-state index >= 15 is 0 Å². The monoisotopic (exact) mass is 247 g/mol. The first kappa shape index (κ1) is 13.1. The smallest absolute Gasteiger partial charge is 0.0955 e. The number of H-pyrrole nitrogens is 1. The Hall–Kier alpha value is -1.32. The van der Waals surface area contributed by atoms with Gasteiger partial charge in [0, 0.05) is 17.1 Å². The molecule has 3 nitrogen and oxygen atoms in total. The van der Waals surface area contributed by atoms with E-state index in [1.165, 1.54) is 10.9 Å². The number of hydrogen-bond donors (Lipinski definition) is 2. The Morgan fingerprint density at radius 1 is 1.33 bits per heavy atom. The van der Waals surface area contributed by atoms with Crippen molar-refractivity contribution >= 4 is 10.9 Å². The fourth-order valence-corrected chi connectivity index (χ4v) is 2.34. The number of benzene rings is 1. The molecule has 0 fully saturated rings. The Morgan fingerprint density at radius 3 is 2.83 bits per heavy atom. The molecule has 0 spiro atoms. The van der Waals surface area contributed by atoms with E-state index in [0.29, 0.717) is 5.92 Å². The summed E-state index contributed by atoms with van der Waals surface area (Å²) in [6.45, 7) is 4.22. The topological polar surface area (TPSA) is 45.2 Å². The maximum Gasteiger partial charge on any atom is 0.0955 e. The number of hydrogen-bond acceptors (Lipinski definition) is 2. The molecule has 0 saturated heterocycles.